The van der Waals surface area contributed by atoms with Gasteiger partial charge in [0.1, 0.15) is 17.9 Å². The number of amides is 3. The molecule has 8 heteroatoms. The molecule has 3 amide bonds. The molecule has 0 aliphatic heterocycles. The van der Waals surface area contributed by atoms with Gasteiger partial charge in [0.05, 0.1) is 0 Å². The van der Waals surface area contributed by atoms with Gasteiger partial charge in [0.25, 0.3) is 0 Å². The number of carbonyl (C=O) groups excluding carboxylic acids is 3. The van der Waals surface area contributed by atoms with Crippen LogP contribution in [0.15, 0.2) is 54.7 Å². The molecule has 0 aliphatic carbocycles. The van der Waals surface area contributed by atoms with Crippen LogP contribution in [-0.2, 0) is 27.2 Å². The molecule has 1 aromatic heterocycles. The second-order valence-corrected chi connectivity index (χ2v) is 7.11. The van der Waals surface area contributed by atoms with Gasteiger partial charge in [0.15, 0.2) is 0 Å². The van der Waals surface area contributed by atoms with Gasteiger partial charge in [-0.05, 0) is 29.3 Å². The van der Waals surface area contributed by atoms with Gasteiger partial charge in [-0.15, -0.1) is 0 Å². The van der Waals surface area contributed by atoms with E-state index in [1.54, 1.807) is 6.20 Å². The van der Waals surface area contributed by atoms with E-state index in [9.17, 15) is 18.8 Å². The second-order valence-electron chi connectivity index (χ2n) is 7.11. The number of aromatic nitrogens is 1. The lowest BCUT2D eigenvalue weighted by atomic mass is 10.0. The van der Waals surface area contributed by atoms with Crippen molar-refractivity contribution < 1.29 is 18.8 Å². The van der Waals surface area contributed by atoms with Gasteiger partial charge in [0, 0.05) is 36.9 Å². The molecule has 5 N–H and O–H groups in total. The largest absolute Gasteiger partial charge is 0.368 e. The maximum atomic E-state index is 13.1. The molecule has 0 bridgehead atoms. The molecule has 0 saturated heterocycles. The van der Waals surface area contributed by atoms with E-state index in [1.165, 1.54) is 31.2 Å². The van der Waals surface area contributed by atoms with Crippen LogP contribution in [0.5, 0.6) is 0 Å². The summed E-state index contributed by atoms with van der Waals surface area (Å²) < 4.78 is 13.1. The van der Waals surface area contributed by atoms with Crippen LogP contribution in [0.1, 0.15) is 18.1 Å². The van der Waals surface area contributed by atoms with E-state index in [-0.39, 0.29) is 12.8 Å². The lowest BCUT2D eigenvalue weighted by molar-refractivity contribution is -0.130. The van der Waals surface area contributed by atoms with E-state index in [1.807, 2.05) is 24.3 Å². The summed E-state index contributed by atoms with van der Waals surface area (Å²) in [5.74, 6) is -2.02. The van der Waals surface area contributed by atoms with Crippen molar-refractivity contribution in [3.05, 3.63) is 71.7 Å². The van der Waals surface area contributed by atoms with Gasteiger partial charge in [-0.3, -0.25) is 14.4 Å². The fraction of sp³-hybridized carbons (Fsp3) is 0.227. The Morgan fingerprint density at radius 2 is 1.70 bits per heavy atom. The number of benzene rings is 2. The Hall–Kier alpha value is -3.68. The number of halogens is 1. The summed E-state index contributed by atoms with van der Waals surface area (Å²) in [5.41, 5.74) is 7.94. The lowest BCUT2D eigenvalue weighted by Crippen LogP contribution is -2.54. The predicted octanol–water partition coefficient (Wildman–Crippen LogP) is 1.57. The first-order chi connectivity index (χ1) is 14.3. The summed E-state index contributed by atoms with van der Waals surface area (Å²) in [7, 11) is 0. The van der Waals surface area contributed by atoms with Crippen LogP contribution in [0.4, 0.5) is 4.39 Å². The van der Waals surface area contributed by atoms with Gasteiger partial charge >= 0.3 is 0 Å². The smallest absolute Gasteiger partial charge is 0.243 e. The molecule has 7 nitrogen and oxygen atoms in total. The van der Waals surface area contributed by atoms with Crippen LogP contribution < -0.4 is 16.4 Å². The summed E-state index contributed by atoms with van der Waals surface area (Å²) in [6, 6.07) is 11.3. The van der Waals surface area contributed by atoms with Crippen molar-refractivity contribution in [2.24, 2.45) is 5.73 Å². The number of nitrogens with two attached hydrogens (primary N) is 1. The van der Waals surface area contributed by atoms with E-state index in [0.717, 1.165) is 16.5 Å². The highest BCUT2D eigenvalue weighted by Gasteiger charge is 2.26. The molecule has 2 atom stereocenters. The summed E-state index contributed by atoms with van der Waals surface area (Å²) >= 11 is 0. The van der Waals surface area contributed by atoms with Crippen molar-refractivity contribution in [2.75, 3.05) is 0 Å². The molecule has 0 aliphatic rings. The normalized spacial score (nSPS) is 12.9. The monoisotopic (exact) mass is 410 g/mol. The minimum absolute atomic E-state index is 0.143. The maximum absolute atomic E-state index is 13.1. The summed E-state index contributed by atoms with van der Waals surface area (Å²) in [5, 5.41) is 6.15. The van der Waals surface area contributed by atoms with Crippen LogP contribution in [0.25, 0.3) is 10.9 Å². The molecule has 30 heavy (non-hydrogen) atoms. The van der Waals surface area contributed by atoms with Gasteiger partial charge in [-0.1, -0.05) is 30.3 Å². The summed E-state index contributed by atoms with van der Waals surface area (Å²) in [6.45, 7) is 1.29. The molecule has 0 unspecified atom stereocenters. The Morgan fingerprint density at radius 1 is 1.00 bits per heavy atom. The summed E-state index contributed by atoms with van der Waals surface area (Å²) in [4.78, 5) is 39.5. The number of hydrogen-bond acceptors (Lipinski definition) is 3. The first-order valence-electron chi connectivity index (χ1n) is 9.49. The molecular weight excluding hydrogens is 387 g/mol. The third-order valence-corrected chi connectivity index (χ3v) is 4.81. The highest BCUT2D eigenvalue weighted by atomic mass is 19.1. The molecule has 0 fully saturated rings. The minimum atomic E-state index is -0.957. The first kappa shape index (κ1) is 21.0. The Morgan fingerprint density at radius 3 is 2.37 bits per heavy atom. The Bertz CT molecular complexity index is 1060. The molecular formula is C22H23FN4O3. The van der Waals surface area contributed by atoms with E-state index < -0.39 is 35.6 Å². The molecule has 0 saturated carbocycles. The molecule has 2 aromatic carbocycles. The topological polar surface area (TPSA) is 117 Å². The zero-order valence-corrected chi connectivity index (χ0v) is 16.4. The quantitative estimate of drug-likeness (QED) is 0.451. The van der Waals surface area contributed by atoms with Gasteiger partial charge in [0.2, 0.25) is 17.7 Å². The van der Waals surface area contributed by atoms with Crippen LogP contribution in [0.2, 0.25) is 0 Å². The van der Waals surface area contributed by atoms with Crippen LogP contribution in [0, 0.1) is 5.82 Å². The number of fused-ring (bicyclic) bond motifs is 1. The van der Waals surface area contributed by atoms with Gasteiger partial charge < -0.3 is 21.4 Å². The average Bonchev–Trinajstić information content (AvgIpc) is 3.11. The van der Waals surface area contributed by atoms with Crippen LogP contribution >= 0.6 is 0 Å². The standard InChI is InChI=1S/C22H23FN4O3/c1-13(28)26-20(10-14-6-8-16(23)9-7-14)22(30)27-19(21(24)29)11-15-12-25-18-5-3-2-4-17(15)18/h2-9,12,19-20,25H,10-11H2,1H3,(H2,24,29)(H,26,28)(H,27,30)/t19-,20+/m0/s1. The van der Waals surface area contributed by atoms with Crippen LogP contribution in [0.3, 0.4) is 0 Å². The first-order valence-corrected chi connectivity index (χ1v) is 9.49. The zero-order valence-electron chi connectivity index (χ0n) is 16.4. The minimum Gasteiger partial charge on any atom is -0.368 e. The molecule has 1 heterocycles. The van der Waals surface area contributed by atoms with Crippen LogP contribution in [-0.4, -0.2) is 34.8 Å². The van der Waals surface area contributed by atoms with Gasteiger partial charge in [-0.25, -0.2) is 4.39 Å². The third-order valence-electron chi connectivity index (χ3n) is 4.81. The molecule has 3 rings (SSSR count). The third kappa shape index (κ3) is 5.22. The highest BCUT2D eigenvalue weighted by Crippen LogP contribution is 2.19. The van der Waals surface area contributed by atoms with E-state index in [2.05, 4.69) is 15.6 Å². The van der Waals surface area contributed by atoms with E-state index in [4.69, 9.17) is 5.73 Å². The number of hydrogen-bond donors (Lipinski definition) is 4. The van der Waals surface area contributed by atoms with Crippen molar-refractivity contribution in [3.63, 3.8) is 0 Å². The van der Waals surface area contributed by atoms with Crippen molar-refractivity contribution >= 4 is 28.6 Å². The highest BCUT2D eigenvalue weighted by molar-refractivity contribution is 5.92. The number of para-hydroxylation sites is 1. The maximum Gasteiger partial charge on any atom is 0.243 e. The SMILES string of the molecule is CC(=O)N[C@H](Cc1ccc(F)cc1)C(=O)N[C@@H](Cc1c[nH]c2ccccc12)C(N)=O. The number of rotatable bonds is 8. The average molecular weight is 410 g/mol. The fourth-order valence-corrected chi connectivity index (χ4v) is 3.33. The Kier molecular flexibility index (Phi) is 6.46. The van der Waals surface area contributed by atoms with Crippen molar-refractivity contribution in [1.29, 1.82) is 0 Å². The molecule has 0 spiro atoms. The zero-order chi connectivity index (χ0) is 21.7. The van der Waals surface area contributed by atoms with E-state index in [0.29, 0.717) is 5.56 Å². The molecule has 3 aromatic rings. The van der Waals surface area contributed by atoms with Crippen molar-refractivity contribution in [1.82, 2.24) is 15.6 Å². The number of nitrogens with one attached hydrogen (secondary N) is 3. The van der Waals surface area contributed by atoms with Crippen molar-refractivity contribution in [2.45, 2.75) is 31.8 Å². The van der Waals surface area contributed by atoms with Crippen molar-refractivity contribution in [3.8, 4) is 0 Å². The van der Waals surface area contributed by atoms with E-state index >= 15 is 0 Å². The Balaban J connectivity index is 1.75. The summed E-state index contributed by atoms with van der Waals surface area (Å²) in [6.07, 6.45) is 2.12. The second kappa shape index (κ2) is 9.21. The number of H-pyrrole nitrogens is 1. The molecule has 0 radical (unpaired) electrons. The fourth-order valence-electron chi connectivity index (χ4n) is 3.33. The lowest BCUT2D eigenvalue weighted by Gasteiger charge is -2.21. The molecule has 156 valence electrons. The van der Waals surface area contributed by atoms with Gasteiger partial charge in [-0.2, -0.15) is 0 Å². The number of carbonyl (C=O) groups is 3. The number of aromatic amines is 1. The number of primary amides is 1. The predicted molar refractivity (Wildman–Crippen MR) is 111 cm³/mol. The Labute approximate surface area is 172 Å².